The van der Waals surface area contributed by atoms with Crippen molar-refractivity contribution >= 4 is 16.9 Å². The number of halogens is 3. The number of ether oxygens (including phenoxy) is 1. The molecule has 156 valence electrons. The normalized spacial score (nSPS) is 14.4. The van der Waals surface area contributed by atoms with E-state index in [0.29, 0.717) is 5.39 Å². The molecule has 0 aliphatic rings. The maximum absolute atomic E-state index is 13.7. The molecule has 2 aromatic rings. The van der Waals surface area contributed by atoms with Crippen LogP contribution in [0.3, 0.4) is 0 Å². The zero-order valence-electron chi connectivity index (χ0n) is 16.6. The van der Waals surface area contributed by atoms with Crippen molar-refractivity contribution in [3.8, 4) is 0 Å². The van der Waals surface area contributed by atoms with E-state index in [0.717, 1.165) is 31.2 Å². The summed E-state index contributed by atoms with van der Waals surface area (Å²) in [6.45, 7) is 5.66. The summed E-state index contributed by atoms with van der Waals surface area (Å²) in [7, 11) is 0. The van der Waals surface area contributed by atoms with Crippen molar-refractivity contribution in [3.05, 3.63) is 36.0 Å². The summed E-state index contributed by atoms with van der Waals surface area (Å²) in [5, 5.41) is 11.0. The third kappa shape index (κ3) is 4.51. The van der Waals surface area contributed by atoms with Gasteiger partial charge in [-0.2, -0.15) is 13.2 Å². The van der Waals surface area contributed by atoms with Gasteiger partial charge in [-0.25, -0.2) is 0 Å². The maximum atomic E-state index is 13.7. The van der Waals surface area contributed by atoms with Crippen molar-refractivity contribution in [2.75, 3.05) is 6.61 Å². The van der Waals surface area contributed by atoms with Gasteiger partial charge in [0, 0.05) is 17.8 Å². The molecule has 0 amide bonds. The van der Waals surface area contributed by atoms with Crippen molar-refractivity contribution in [1.29, 1.82) is 0 Å². The molecule has 1 aromatic carbocycles. The number of aromatic nitrogens is 1. The van der Waals surface area contributed by atoms with Gasteiger partial charge < -0.3 is 14.4 Å². The second kappa shape index (κ2) is 8.99. The van der Waals surface area contributed by atoms with Gasteiger partial charge in [-0.1, -0.05) is 32.8 Å². The highest BCUT2D eigenvalue weighted by Crippen LogP contribution is 2.43. The van der Waals surface area contributed by atoms with Crippen LogP contribution in [0.15, 0.2) is 30.5 Å². The van der Waals surface area contributed by atoms with E-state index in [-0.39, 0.29) is 18.2 Å². The van der Waals surface area contributed by atoms with Crippen molar-refractivity contribution in [3.63, 3.8) is 0 Å². The van der Waals surface area contributed by atoms with Gasteiger partial charge in [0.05, 0.1) is 13.0 Å². The van der Waals surface area contributed by atoms with Crippen LogP contribution in [0.1, 0.15) is 64.5 Å². The number of rotatable bonds is 9. The fourth-order valence-corrected chi connectivity index (χ4v) is 3.62. The zero-order chi connectivity index (χ0) is 20.9. The first-order valence-electron chi connectivity index (χ1n) is 9.73. The third-order valence-electron chi connectivity index (χ3n) is 5.01. The number of alkyl halides is 3. The number of hydrogen-bond donors (Lipinski definition) is 1. The van der Waals surface area contributed by atoms with Gasteiger partial charge in [-0.3, -0.25) is 4.79 Å². The van der Waals surface area contributed by atoms with Crippen LogP contribution in [-0.4, -0.2) is 28.4 Å². The average Bonchev–Trinajstić information content (AvgIpc) is 3.03. The van der Waals surface area contributed by atoms with Gasteiger partial charge in [0.25, 0.3) is 0 Å². The van der Waals surface area contributed by atoms with Crippen molar-refractivity contribution in [1.82, 2.24) is 4.57 Å². The van der Waals surface area contributed by atoms with E-state index < -0.39 is 24.2 Å². The van der Waals surface area contributed by atoms with Crippen LogP contribution >= 0.6 is 0 Å². The summed E-state index contributed by atoms with van der Waals surface area (Å²) >= 11 is 0. The van der Waals surface area contributed by atoms with Gasteiger partial charge in [0.2, 0.25) is 0 Å². The Morgan fingerprint density at radius 1 is 1.14 bits per heavy atom. The predicted octanol–water partition coefficient (Wildman–Crippen LogP) is 5.49. The summed E-state index contributed by atoms with van der Waals surface area (Å²) in [5.41, 5.74) is -2.83. The molecule has 0 radical (unpaired) electrons. The lowest BCUT2D eigenvalue weighted by Crippen LogP contribution is -2.44. The lowest BCUT2D eigenvalue weighted by atomic mass is 9.89. The standard InChI is InChI=1S/C21H28F3NO3/c1-4-7-17(8-5-2)25-12-11-15-13-16(9-10-18(15)25)20(27,21(22,23)24)14-19(26)28-6-3/h9-13,17,27H,4-8,14H2,1-3H3. The predicted molar refractivity (Wildman–Crippen MR) is 102 cm³/mol. The first kappa shape index (κ1) is 22.3. The quantitative estimate of drug-likeness (QED) is 0.568. The molecule has 0 saturated carbocycles. The minimum absolute atomic E-state index is 0.0507. The highest BCUT2D eigenvalue weighted by Gasteiger charge is 2.56. The van der Waals surface area contributed by atoms with E-state index >= 15 is 0 Å². The Balaban J connectivity index is 2.47. The Kier molecular flexibility index (Phi) is 7.15. The lowest BCUT2D eigenvalue weighted by Gasteiger charge is -2.30. The molecule has 0 bridgehead atoms. The van der Waals surface area contributed by atoms with Gasteiger partial charge in [-0.15, -0.1) is 0 Å². The fourth-order valence-electron chi connectivity index (χ4n) is 3.62. The number of benzene rings is 1. The maximum Gasteiger partial charge on any atom is 0.422 e. The van der Waals surface area contributed by atoms with Crippen LogP contribution in [0, 0.1) is 0 Å². The molecule has 0 aliphatic carbocycles. The Morgan fingerprint density at radius 2 is 1.79 bits per heavy atom. The van der Waals surface area contributed by atoms with Crippen molar-refractivity contribution < 1.29 is 27.8 Å². The Bertz CT molecular complexity index is 794. The molecule has 0 fully saturated rings. The molecule has 28 heavy (non-hydrogen) atoms. The highest BCUT2D eigenvalue weighted by atomic mass is 19.4. The second-order valence-corrected chi connectivity index (χ2v) is 7.07. The van der Waals surface area contributed by atoms with Gasteiger partial charge in [-0.05, 0) is 48.9 Å². The number of esters is 1. The molecule has 0 saturated heterocycles. The topological polar surface area (TPSA) is 51.5 Å². The summed E-state index contributed by atoms with van der Waals surface area (Å²) in [6.07, 6.45) is -0.328. The van der Waals surface area contributed by atoms with Gasteiger partial charge in [0.15, 0.2) is 5.60 Å². The average molecular weight is 399 g/mol. The number of carbonyl (C=O) groups excluding carboxylic acids is 1. The Hall–Kier alpha value is -2.02. The van der Waals surface area contributed by atoms with Crippen LogP contribution in [0.2, 0.25) is 0 Å². The number of nitrogens with zero attached hydrogens (tertiary/aromatic N) is 1. The fraction of sp³-hybridized carbons (Fsp3) is 0.571. The van der Waals surface area contributed by atoms with Crippen LogP contribution in [-0.2, 0) is 15.1 Å². The van der Waals surface area contributed by atoms with E-state index in [2.05, 4.69) is 23.2 Å². The molecule has 0 aliphatic heterocycles. The molecule has 1 atom stereocenters. The molecule has 0 spiro atoms. The minimum Gasteiger partial charge on any atom is -0.466 e. The summed E-state index contributed by atoms with van der Waals surface area (Å²) < 4.78 is 47.7. The van der Waals surface area contributed by atoms with Crippen LogP contribution in [0.25, 0.3) is 10.9 Å². The van der Waals surface area contributed by atoms with Crippen molar-refractivity contribution in [2.24, 2.45) is 0 Å². The highest BCUT2D eigenvalue weighted by molar-refractivity contribution is 5.82. The Labute approximate surface area is 163 Å². The molecule has 1 N–H and O–H groups in total. The van der Waals surface area contributed by atoms with E-state index in [4.69, 9.17) is 0 Å². The van der Waals surface area contributed by atoms with E-state index in [1.807, 2.05) is 6.20 Å². The number of fused-ring (bicyclic) bond motifs is 1. The third-order valence-corrected chi connectivity index (χ3v) is 5.01. The largest absolute Gasteiger partial charge is 0.466 e. The van der Waals surface area contributed by atoms with Crippen LogP contribution in [0.4, 0.5) is 13.2 Å². The van der Waals surface area contributed by atoms with Crippen LogP contribution in [0.5, 0.6) is 0 Å². The summed E-state index contributed by atoms with van der Waals surface area (Å²) in [6, 6.07) is 6.18. The first-order chi connectivity index (χ1) is 13.2. The van der Waals surface area contributed by atoms with E-state index in [1.165, 1.54) is 19.1 Å². The SMILES string of the molecule is CCCC(CCC)n1ccc2cc(C(O)(CC(=O)OCC)C(F)(F)F)ccc21. The zero-order valence-corrected chi connectivity index (χ0v) is 16.6. The molecule has 1 aromatic heterocycles. The molecule has 1 unspecified atom stereocenters. The van der Waals surface area contributed by atoms with E-state index in [1.54, 1.807) is 12.1 Å². The molecule has 4 nitrogen and oxygen atoms in total. The summed E-state index contributed by atoms with van der Waals surface area (Å²) in [5.74, 6) is -1.09. The minimum atomic E-state index is -5.01. The van der Waals surface area contributed by atoms with Gasteiger partial charge in [0.1, 0.15) is 0 Å². The van der Waals surface area contributed by atoms with Crippen molar-refractivity contribution in [2.45, 2.75) is 70.7 Å². The molecule has 1 heterocycles. The first-order valence-corrected chi connectivity index (χ1v) is 9.73. The molecular formula is C21H28F3NO3. The van der Waals surface area contributed by atoms with Gasteiger partial charge >= 0.3 is 12.1 Å². The number of aliphatic hydroxyl groups is 1. The lowest BCUT2D eigenvalue weighted by molar-refractivity contribution is -0.269. The smallest absolute Gasteiger partial charge is 0.422 e. The number of hydrogen-bond acceptors (Lipinski definition) is 3. The monoisotopic (exact) mass is 399 g/mol. The van der Waals surface area contributed by atoms with Crippen LogP contribution < -0.4 is 0 Å². The molecule has 7 heteroatoms. The Morgan fingerprint density at radius 3 is 2.32 bits per heavy atom. The molecule has 2 rings (SSSR count). The summed E-state index contributed by atoms with van der Waals surface area (Å²) in [4.78, 5) is 11.7. The van der Waals surface area contributed by atoms with E-state index in [9.17, 15) is 23.1 Å². The molecular weight excluding hydrogens is 371 g/mol. The number of carbonyl (C=O) groups is 1. The second-order valence-electron chi connectivity index (χ2n) is 7.07.